The van der Waals surface area contributed by atoms with Crippen molar-refractivity contribution in [3.05, 3.63) is 83.2 Å². The number of halogens is 1. The van der Waals surface area contributed by atoms with Gasteiger partial charge in [-0.3, -0.25) is 0 Å². The minimum absolute atomic E-state index is 0.236. The Balaban J connectivity index is 0.000000532. The largest absolute Gasteiger partial charge is 0.399 e. The van der Waals surface area contributed by atoms with Crippen molar-refractivity contribution in [2.24, 2.45) is 11.7 Å². The van der Waals surface area contributed by atoms with E-state index in [0.29, 0.717) is 23.7 Å². The van der Waals surface area contributed by atoms with E-state index in [4.69, 9.17) is 17.2 Å². The van der Waals surface area contributed by atoms with Crippen molar-refractivity contribution in [3.63, 3.8) is 0 Å². The van der Waals surface area contributed by atoms with E-state index in [1.165, 1.54) is 17.7 Å². The molecule has 0 heterocycles. The number of allylic oxidation sites excluding steroid dienone is 4. The fourth-order valence-electron chi connectivity index (χ4n) is 2.80. The SMILES string of the molecule is C/C=C\C(=C/C)C(C)CCN.CC.Nc1ccc(N)c(Cc2cccc(F)c2)c1. The quantitative estimate of drug-likeness (QED) is 0.405. The van der Waals surface area contributed by atoms with Gasteiger partial charge in [0.15, 0.2) is 0 Å². The van der Waals surface area contributed by atoms with E-state index in [2.05, 4.69) is 32.1 Å². The Morgan fingerprint density at radius 1 is 1.07 bits per heavy atom. The third-order valence-corrected chi connectivity index (χ3v) is 4.31. The molecule has 0 aliphatic carbocycles. The van der Waals surface area contributed by atoms with Crippen LogP contribution in [0.1, 0.15) is 52.2 Å². The zero-order valence-corrected chi connectivity index (χ0v) is 18.6. The maximum absolute atomic E-state index is 13.0. The Morgan fingerprint density at radius 3 is 2.31 bits per heavy atom. The summed E-state index contributed by atoms with van der Waals surface area (Å²) in [5.41, 5.74) is 21.5. The van der Waals surface area contributed by atoms with E-state index in [-0.39, 0.29) is 5.82 Å². The topological polar surface area (TPSA) is 78.1 Å². The third-order valence-electron chi connectivity index (χ3n) is 4.31. The van der Waals surface area contributed by atoms with E-state index < -0.39 is 0 Å². The summed E-state index contributed by atoms with van der Waals surface area (Å²) in [6.07, 6.45) is 8.04. The molecule has 0 amide bonds. The summed E-state index contributed by atoms with van der Waals surface area (Å²) < 4.78 is 13.0. The summed E-state index contributed by atoms with van der Waals surface area (Å²) in [5, 5.41) is 0. The van der Waals surface area contributed by atoms with Crippen LogP contribution < -0.4 is 17.2 Å². The van der Waals surface area contributed by atoms with Crippen molar-refractivity contribution in [2.45, 2.75) is 47.5 Å². The summed E-state index contributed by atoms with van der Waals surface area (Å²) >= 11 is 0. The van der Waals surface area contributed by atoms with Gasteiger partial charge in [0.25, 0.3) is 0 Å². The Hall–Kier alpha value is -2.59. The summed E-state index contributed by atoms with van der Waals surface area (Å²) in [5.74, 6) is 0.362. The zero-order valence-electron chi connectivity index (χ0n) is 18.6. The van der Waals surface area contributed by atoms with Crippen LogP contribution in [0.25, 0.3) is 0 Å². The van der Waals surface area contributed by atoms with Crippen molar-refractivity contribution in [2.75, 3.05) is 18.0 Å². The van der Waals surface area contributed by atoms with Crippen LogP contribution in [0.5, 0.6) is 0 Å². The highest BCUT2D eigenvalue weighted by Gasteiger charge is 2.03. The van der Waals surface area contributed by atoms with Crippen LogP contribution in [0.15, 0.2) is 66.3 Å². The lowest BCUT2D eigenvalue weighted by Crippen LogP contribution is -2.06. The van der Waals surface area contributed by atoms with E-state index in [9.17, 15) is 4.39 Å². The zero-order chi connectivity index (χ0) is 22.2. The summed E-state index contributed by atoms with van der Waals surface area (Å²) in [4.78, 5) is 0. The van der Waals surface area contributed by atoms with Gasteiger partial charge in [0.05, 0.1) is 0 Å². The predicted molar refractivity (Wildman–Crippen MR) is 127 cm³/mol. The summed E-state index contributed by atoms with van der Waals surface area (Å²) in [6.45, 7) is 11.1. The second-order valence-electron chi connectivity index (χ2n) is 6.53. The number of anilines is 2. The number of hydrogen-bond acceptors (Lipinski definition) is 3. The smallest absolute Gasteiger partial charge is 0.123 e. The van der Waals surface area contributed by atoms with Crippen molar-refractivity contribution in [1.82, 2.24) is 0 Å². The maximum atomic E-state index is 13.0. The Morgan fingerprint density at radius 2 is 1.76 bits per heavy atom. The van der Waals surface area contributed by atoms with Crippen LogP contribution in [0.2, 0.25) is 0 Å². The van der Waals surface area contributed by atoms with Gasteiger partial charge in [0.2, 0.25) is 0 Å². The van der Waals surface area contributed by atoms with Gasteiger partial charge >= 0.3 is 0 Å². The van der Waals surface area contributed by atoms with Gasteiger partial charge in [-0.05, 0) is 86.2 Å². The second kappa shape index (κ2) is 15.3. The van der Waals surface area contributed by atoms with Crippen LogP contribution in [0.4, 0.5) is 15.8 Å². The van der Waals surface area contributed by atoms with Gasteiger partial charge < -0.3 is 17.2 Å². The molecule has 160 valence electrons. The minimum Gasteiger partial charge on any atom is -0.399 e. The van der Waals surface area contributed by atoms with E-state index in [1.807, 2.05) is 32.9 Å². The molecular formula is C25H38FN3. The first-order valence-corrected chi connectivity index (χ1v) is 10.3. The highest BCUT2D eigenvalue weighted by atomic mass is 19.1. The molecule has 0 aliphatic heterocycles. The fourth-order valence-corrected chi connectivity index (χ4v) is 2.80. The van der Waals surface area contributed by atoms with Crippen molar-refractivity contribution in [1.29, 1.82) is 0 Å². The minimum atomic E-state index is -0.236. The Kier molecular flexibility index (Phi) is 14.0. The van der Waals surface area contributed by atoms with Crippen LogP contribution in [0.3, 0.4) is 0 Å². The molecule has 2 rings (SSSR count). The standard InChI is InChI=1S/C13H13FN2.C10H19N.C2H6/c14-11-3-1-2-9(7-11)6-10-8-12(15)4-5-13(10)16;1-4-6-10(5-2)9(3)7-8-11;1-2/h1-5,7-8H,6,15-16H2;4-6,9H,7-8,11H2,1-3H3;1-2H3/b;6-4-,10-5+;. The lowest BCUT2D eigenvalue weighted by molar-refractivity contribution is 0.626. The molecule has 0 aliphatic rings. The number of rotatable bonds is 6. The molecule has 1 atom stereocenters. The lowest BCUT2D eigenvalue weighted by atomic mass is 9.97. The first-order chi connectivity index (χ1) is 13.9. The molecule has 0 fully saturated rings. The van der Waals surface area contributed by atoms with Crippen LogP contribution in [-0.2, 0) is 6.42 Å². The lowest BCUT2D eigenvalue weighted by Gasteiger charge is -2.10. The monoisotopic (exact) mass is 399 g/mol. The van der Waals surface area contributed by atoms with Crippen LogP contribution in [-0.4, -0.2) is 6.54 Å². The second-order valence-corrected chi connectivity index (χ2v) is 6.53. The van der Waals surface area contributed by atoms with Gasteiger partial charge in [-0.1, -0.05) is 51.1 Å². The fraction of sp³-hybridized carbons (Fsp3) is 0.360. The highest BCUT2D eigenvalue weighted by Crippen LogP contribution is 2.19. The molecule has 3 nitrogen and oxygen atoms in total. The number of benzene rings is 2. The first-order valence-electron chi connectivity index (χ1n) is 10.3. The third kappa shape index (κ3) is 10.5. The van der Waals surface area contributed by atoms with Gasteiger partial charge in [0.1, 0.15) is 5.82 Å². The van der Waals surface area contributed by atoms with Crippen molar-refractivity contribution >= 4 is 11.4 Å². The molecule has 2 aromatic rings. The molecule has 0 spiro atoms. The number of nitrogen functional groups attached to an aromatic ring is 2. The molecular weight excluding hydrogens is 361 g/mol. The maximum Gasteiger partial charge on any atom is 0.123 e. The number of hydrogen-bond donors (Lipinski definition) is 3. The van der Waals surface area contributed by atoms with Gasteiger partial charge in [-0.25, -0.2) is 4.39 Å². The molecule has 0 bridgehead atoms. The number of nitrogens with two attached hydrogens (primary N) is 3. The molecule has 0 saturated carbocycles. The molecule has 0 aromatic heterocycles. The Labute approximate surface area is 176 Å². The average molecular weight is 400 g/mol. The molecule has 29 heavy (non-hydrogen) atoms. The average Bonchev–Trinajstić information content (AvgIpc) is 2.71. The molecule has 2 aromatic carbocycles. The summed E-state index contributed by atoms with van der Waals surface area (Å²) in [7, 11) is 0. The van der Waals surface area contributed by atoms with E-state index >= 15 is 0 Å². The predicted octanol–water partition coefficient (Wildman–Crippen LogP) is 6.10. The van der Waals surface area contributed by atoms with Gasteiger partial charge in [0, 0.05) is 11.4 Å². The van der Waals surface area contributed by atoms with E-state index in [1.54, 1.807) is 18.2 Å². The molecule has 6 N–H and O–H groups in total. The molecule has 1 unspecified atom stereocenters. The van der Waals surface area contributed by atoms with Gasteiger partial charge in [-0.15, -0.1) is 0 Å². The normalized spacial score (nSPS) is 11.9. The molecule has 0 saturated heterocycles. The Bertz CT molecular complexity index is 766. The van der Waals surface area contributed by atoms with Gasteiger partial charge in [-0.2, -0.15) is 0 Å². The van der Waals surface area contributed by atoms with E-state index in [0.717, 1.165) is 24.1 Å². The van der Waals surface area contributed by atoms with Crippen LogP contribution >= 0.6 is 0 Å². The summed E-state index contributed by atoms with van der Waals surface area (Å²) in [6, 6.07) is 11.8. The van der Waals surface area contributed by atoms with Crippen LogP contribution in [0, 0.1) is 11.7 Å². The highest BCUT2D eigenvalue weighted by molar-refractivity contribution is 5.56. The molecule has 4 heteroatoms. The van der Waals surface area contributed by atoms with Crippen molar-refractivity contribution < 1.29 is 4.39 Å². The van der Waals surface area contributed by atoms with Crippen molar-refractivity contribution in [3.8, 4) is 0 Å². The first kappa shape index (κ1) is 26.4. The molecule has 0 radical (unpaired) electrons.